The minimum Gasteiger partial charge on any atom is -0.298 e. The summed E-state index contributed by atoms with van der Waals surface area (Å²) in [5.41, 5.74) is 0. The van der Waals surface area contributed by atoms with Gasteiger partial charge in [0.15, 0.2) is 0 Å². The molecule has 0 radical (unpaired) electrons. The summed E-state index contributed by atoms with van der Waals surface area (Å²) < 4.78 is 6.68. The lowest BCUT2D eigenvalue weighted by Crippen LogP contribution is -1.98. The normalized spacial score (nSPS) is 10.9. The van der Waals surface area contributed by atoms with Gasteiger partial charge in [0.2, 0.25) is 0 Å². The topological polar surface area (TPSA) is 17.1 Å². The summed E-state index contributed by atoms with van der Waals surface area (Å²) in [6.45, 7) is 0. The molecule has 0 aromatic heterocycles. The van der Waals surface area contributed by atoms with Crippen molar-refractivity contribution < 1.29 is 4.79 Å². The molecule has 0 N–H and O–H groups in total. The van der Waals surface area contributed by atoms with Crippen LogP contribution in [0.15, 0.2) is 0 Å². The minimum atomic E-state index is 0.0747. The van der Waals surface area contributed by atoms with Crippen LogP contribution in [-0.2, 0) is 4.79 Å². The van der Waals surface area contributed by atoms with E-state index in [1.165, 1.54) is 0 Å². The van der Waals surface area contributed by atoms with Crippen molar-refractivity contribution in [3.8, 4) is 0 Å². The number of carbonyl (C=O) groups is 1. The highest BCUT2D eigenvalue weighted by Gasteiger charge is 1.95. The first kappa shape index (κ1) is 6.43. The lowest BCUT2D eigenvalue weighted by atomic mass is 10.2. The molecular weight excluding hydrogens is 144 g/mol. The molecule has 0 aromatic carbocycles. The molecule has 0 fully saturated rings. The van der Waals surface area contributed by atoms with Gasteiger partial charge in [0.05, 0.1) is 5.88 Å². The highest BCUT2D eigenvalue weighted by molar-refractivity contribution is 7.80. The average Bonchev–Trinajstić information content (AvgIpc) is 1.89. The Morgan fingerprint density at radius 2 is 2.62 bits per heavy atom. The van der Waals surface area contributed by atoms with E-state index >= 15 is 0 Å². The molecule has 0 aliphatic heterocycles. The molecule has 3 heteroatoms. The maximum atomic E-state index is 10.5. The fourth-order valence-corrected chi connectivity index (χ4v) is 0.614. The first-order chi connectivity index (χ1) is 4.31. The number of carbonyl (C=O) groups excluding carboxylic acids is 1. The van der Waals surface area contributed by atoms with Gasteiger partial charge >= 0.3 is 0 Å². The van der Waals surface area contributed by atoms with Gasteiger partial charge in [0.1, 0.15) is 6.91 Å². The van der Waals surface area contributed by atoms with Crippen LogP contribution >= 0.6 is 24.1 Å². The van der Waals surface area contributed by atoms with E-state index in [2.05, 4.69) is 0 Å². The maximum Gasteiger partial charge on any atom is 0.147 e. The highest BCUT2D eigenvalue weighted by atomic mass is 35.5. The molecule has 0 heterocycles. The summed E-state index contributed by atoms with van der Waals surface area (Å²) >= 11 is 6.24. The molecule has 48 valence electrons. The van der Waals surface area contributed by atoms with Gasteiger partial charge in [-0.2, -0.15) is 12.5 Å². The van der Waals surface area contributed by atoms with E-state index in [1.807, 2.05) is 0 Å². The Kier molecular flexibility index (Phi) is 4.38. The molecule has 0 saturated carbocycles. The summed E-state index contributed by atoms with van der Waals surface area (Å²) in [6.07, 6.45) is 1.30. The minimum absolute atomic E-state index is 0.0747. The monoisotopic (exact) mass is 153 g/mol. The fourth-order valence-electron chi connectivity index (χ4n) is 0.336. The zero-order valence-electron chi connectivity index (χ0n) is 5.52. The van der Waals surface area contributed by atoms with Crippen LogP contribution in [0.25, 0.3) is 0 Å². The summed E-state index contributed by atoms with van der Waals surface area (Å²) in [4.78, 5) is 10.5. The molecule has 0 saturated heterocycles. The molecule has 8 heavy (non-hydrogen) atoms. The number of Topliss-reactive ketones (excluding diaryl/α,β-unsaturated/α-hetero) is 1. The fraction of sp³-hybridized carbons (Fsp3) is 0.800. The zero-order valence-corrected chi connectivity index (χ0v) is 6.10. The molecule has 0 unspecified atom stereocenters. The lowest BCUT2D eigenvalue weighted by Gasteiger charge is -1.89. The third-order valence-corrected chi connectivity index (χ3v) is 1.34. The number of ketones is 1. The van der Waals surface area contributed by atoms with Crippen LogP contribution in [0.3, 0.4) is 0 Å². The average molecular weight is 154 g/mol. The zero-order chi connectivity index (χ0) is 7.11. The number of halogens is 1. The van der Waals surface area contributed by atoms with Gasteiger partial charge in [-0.05, 0) is 12.2 Å². The molecule has 0 aliphatic carbocycles. The molecule has 0 spiro atoms. The third kappa shape index (κ3) is 4.47. The van der Waals surface area contributed by atoms with E-state index in [9.17, 15) is 4.79 Å². The van der Waals surface area contributed by atoms with Gasteiger partial charge in [0, 0.05) is 6.42 Å². The summed E-state index contributed by atoms with van der Waals surface area (Å²) in [5, 5.41) is 0. The van der Waals surface area contributed by atoms with E-state index in [4.69, 9.17) is 12.7 Å². The van der Waals surface area contributed by atoms with Gasteiger partial charge < -0.3 is 0 Å². The molecule has 0 rings (SSSR count). The van der Waals surface area contributed by atoms with Crippen molar-refractivity contribution in [2.75, 3.05) is 11.6 Å². The smallest absolute Gasteiger partial charge is 0.147 e. The van der Waals surface area contributed by atoms with Crippen LogP contribution in [0, 0.1) is 0 Å². The number of hydrogen-bond donors (Lipinski definition) is 1. The van der Waals surface area contributed by atoms with E-state index in [0.29, 0.717) is 6.42 Å². The van der Waals surface area contributed by atoms with Crippen molar-refractivity contribution in [1.29, 1.82) is 1.12 Å². The molecule has 0 atom stereocenters. The Morgan fingerprint density at radius 3 is 3.12 bits per heavy atom. The van der Waals surface area contributed by atoms with E-state index in [0.717, 1.165) is 24.7 Å². The van der Waals surface area contributed by atoms with Crippen molar-refractivity contribution in [3.05, 3.63) is 0 Å². The first-order valence-electron chi connectivity index (χ1n) is 2.88. The van der Waals surface area contributed by atoms with Crippen molar-refractivity contribution in [2.45, 2.75) is 12.8 Å². The Morgan fingerprint density at radius 1 is 1.88 bits per heavy atom. The van der Waals surface area contributed by atoms with Crippen molar-refractivity contribution in [1.82, 2.24) is 0 Å². The molecule has 0 aromatic rings. The first-order valence-corrected chi connectivity index (χ1v) is 3.58. The van der Waals surface area contributed by atoms with Crippen molar-refractivity contribution >= 4 is 29.9 Å². The highest BCUT2D eigenvalue weighted by Crippen LogP contribution is 1.93. The van der Waals surface area contributed by atoms with E-state index in [1.54, 1.807) is 0 Å². The van der Waals surface area contributed by atoms with Gasteiger partial charge in [-0.1, -0.05) is 0 Å². The number of hydrogen-bond acceptors (Lipinski definition) is 2. The predicted molar refractivity (Wildman–Crippen MR) is 38.8 cm³/mol. The quantitative estimate of drug-likeness (QED) is 0.360. The summed E-state index contributed by atoms with van der Waals surface area (Å²) in [6, 6.07) is 0. The van der Waals surface area contributed by atoms with Crippen LogP contribution < -0.4 is 0 Å². The Balaban J connectivity index is 2.97. The van der Waals surface area contributed by atoms with Gasteiger partial charge in [-0.15, -0.1) is 11.6 Å². The summed E-state index contributed by atoms with van der Waals surface area (Å²) in [5.74, 6) is 0.913. The molecular formula is C5H9ClOS. The lowest BCUT2D eigenvalue weighted by molar-refractivity contribution is -0.116. The second-order valence-electron chi connectivity index (χ2n) is 1.48. The standard InChI is InChI=1S/C5H9ClOS/c6-4-5(7)2-1-3-8/h8H,1-4H2/i/hD. The van der Waals surface area contributed by atoms with Gasteiger partial charge in [-0.3, -0.25) is 4.79 Å². The van der Waals surface area contributed by atoms with Gasteiger partial charge in [-0.25, -0.2) is 0 Å². The largest absolute Gasteiger partial charge is 0.298 e. The van der Waals surface area contributed by atoms with E-state index < -0.39 is 0 Å². The molecule has 0 bridgehead atoms. The number of rotatable bonds is 5. The van der Waals surface area contributed by atoms with Crippen LogP contribution in [0.2, 0.25) is 0 Å². The van der Waals surface area contributed by atoms with Crippen LogP contribution in [0.1, 0.15) is 12.8 Å². The van der Waals surface area contributed by atoms with Crippen molar-refractivity contribution in [3.63, 3.8) is 0 Å². The van der Waals surface area contributed by atoms with Crippen molar-refractivity contribution in [2.24, 2.45) is 0 Å². The third-order valence-electron chi connectivity index (χ3n) is 0.749. The Labute approximate surface area is 60.9 Å². The summed E-state index contributed by atoms with van der Waals surface area (Å²) in [7, 11) is 0. The predicted octanol–water partition coefficient (Wildman–Crippen LogP) is 1.50. The molecule has 0 aliphatic rings. The molecule has 1 nitrogen and oxygen atoms in total. The second-order valence-corrected chi connectivity index (χ2v) is 2.16. The van der Waals surface area contributed by atoms with Crippen LogP contribution in [0.4, 0.5) is 0 Å². The maximum absolute atomic E-state index is 10.5. The van der Waals surface area contributed by atoms with Crippen LogP contribution in [-0.4, -0.2) is 18.5 Å². The van der Waals surface area contributed by atoms with Gasteiger partial charge in [0.25, 0.3) is 0 Å². The Bertz CT molecular complexity index is 89.0. The van der Waals surface area contributed by atoms with E-state index in [-0.39, 0.29) is 11.7 Å². The SMILES string of the molecule is [2H]SCCCC(=O)CCl. The molecule has 0 amide bonds. The second kappa shape index (κ2) is 5.45. The van der Waals surface area contributed by atoms with Crippen LogP contribution in [0.5, 0.6) is 0 Å². The Hall–Kier alpha value is 0.310. The number of thiol groups is 1. The number of alkyl halides is 1.